The third-order valence-corrected chi connectivity index (χ3v) is 3.80. The molecule has 1 saturated heterocycles. The predicted molar refractivity (Wildman–Crippen MR) is 79.2 cm³/mol. The van der Waals surface area contributed by atoms with Crippen LogP contribution >= 0.6 is 0 Å². The van der Waals surface area contributed by atoms with Gasteiger partial charge in [0, 0.05) is 45.0 Å². The molecule has 1 aliphatic rings. The van der Waals surface area contributed by atoms with Crippen LogP contribution in [0.25, 0.3) is 0 Å². The van der Waals surface area contributed by atoms with Crippen molar-refractivity contribution < 1.29 is 18.0 Å². The van der Waals surface area contributed by atoms with E-state index < -0.39 is 24.7 Å². The Morgan fingerprint density at radius 2 is 2.04 bits per heavy atom. The molecule has 1 fully saturated rings. The van der Waals surface area contributed by atoms with Crippen LogP contribution in [0.4, 0.5) is 13.2 Å². The zero-order valence-corrected chi connectivity index (χ0v) is 13.2. The lowest BCUT2D eigenvalue weighted by Crippen LogP contribution is -2.57. The highest BCUT2D eigenvalue weighted by Crippen LogP contribution is 2.24. The Morgan fingerprint density at radius 3 is 2.57 bits per heavy atom. The number of piperazine rings is 1. The summed E-state index contributed by atoms with van der Waals surface area (Å²) in [6.07, 6.45) is -2.75. The molecule has 0 saturated carbocycles. The Balaban J connectivity index is 1.98. The largest absolute Gasteiger partial charge is 0.405 e. The second kappa shape index (κ2) is 7.31. The molecule has 0 aliphatic carbocycles. The SMILES string of the molecule is CC(C)n1ccc(C(=O)NCC(N2CCNCC2)C(F)(F)F)n1. The molecule has 1 amide bonds. The van der Waals surface area contributed by atoms with Gasteiger partial charge < -0.3 is 10.6 Å². The highest BCUT2D eigenvalue weighted by Gasteiger charge is 2.43. The van der Waals surface area contributed by atoms with E-state index in [-0.39, 0.29) is 11.7 Å². The second-order valence-electron chi connectivity index (χ2n) is 5.83. The first-order valence-electron chi connectivity index (χ1n) is 7.64. The molecular formula is C14H22F3N5O. The minimum atomic E-state index is -4.39. The fourth-order valence-electron chi connectivity index (χ4n) is 2.47. The molecule has 2 heterocycles. The van der Waals surface area contributed by atoms with Crippen molar-refractivity contribution in [2.75, 3.05) is 32.7 Å². The molecule has 1 aromatic rings. The molecule has 0 radical (unpaired) electrons. The van der Waals surface area contributed by atoms with Crippen molar-refractivity contribution >= 4 is 5.91 Å². The summed E-state index contributed by atoms with van der Waals surface area (Å²) in [5.41, 5.74) is 0.125. The average Bonchev–Trinajstić information content (AvgIpc) is 2.97. The predicted octanol–water partition coefficient (Wildman–Crippen LogP) is 1.03. The van der Waals surface area contributed by atoms with Gasteiger partial charge in [0.1, 0.15) is 11.7 Å². The Bertz CT molecular complexity index is 523. The summed E-state index contributed by atoms with van der Waals surface area (Å²) in [6.45, 7) is 4.97. The van der Waals surface area contributed by atoms with Gasteiger partial charge in [-0.05, 0) is 19.9 Å². The lowest BCUT2D eigenvalue weighted by molar-refractivity contribution is -0.183. The highest BCUT2D eigenvalue weighted by atomic mass is 19.4. The molecule has 23 heavy (non-hydrogen) atoms. The third kappa shape index (κ3) is 4.68. The number of aromatic nitrogens is 2. The molecule has 1 aliphatic heterocycles. The van der Waals surface area contributed by atoms with Crippen molar-refractivity contribution in [3.8, 4) is 0 Å². The normalized spacial score (nSPS) is 18.2. The monoisotopic (exact) mass is 333 g/mol. The van der Waals surface area contributed by atoms with Crippen LogP contribution in [0.2, 0.25) is 0 Å². The summed E-state index contributed by atoms with van der Waals surface area (Å²) in [5, 5.41) is 9.44. The summed E-state index contributed by atoms with van der Waals surface area (Å²) in [5.74, 6) is -0.589. The maximum Gasteiger partial charge on any atom is 0.405 e. The van der Waals surface area contributed by atoms with Gasteiger partial charge in [0.05, 0.1) is 0 Å². The first-order chi connectivity index (χ1) is 10.8. The van der Waals surface area contributed by atoms with Crippen LogP contribution in [0, 0.1) is 0 Å². The van der Waals surface area contributed by atoms with Gasteiger partial charge in [0.15, 0.2) is 0 Å². The summed E-state index contributed by atoms with van der Waals surface area (Å²) >= 11 is 0. The summed E-state index contributed by atoms with van der Waals surface area (Å²) in [6, 6.07) is -0.0935. The average molecular weight is 333 g/mol. The van der Waals surface area contributed by atoms with Gasteiger partial charge in [-0.2, -0.15) is 18.3 Å². The number of nitrogens with one attached hydrogen (secondary N) is 2. The van der Waals surface area contributed by atoms with E-state index in [9.17, 15) is 18.0 Å². The molecular weight excluding hydrogens is 311 g/mol. The first kappa shape index (κ1) is 17.7. The molecule has 9 heteroatoms. The molecule has 2 N–H and O–H groups in total. The molecule has 1 atom stereocenters. The Hall–Kier alpha value is -1.61. The number of carbonyl (C=O) groups is 1. The Morgan fingerprint density at radius 1 is 1.39 bits per heavy atom. The lowest BCUT2D eigenvalue weighted by Gasteiger charge is -2.35. The maximum absolute atomic E-state index is 13.2. The molecule has 6 nitrogen and oxygen atoms in total. The number of nitrogens with zero attached hydrogens (tertiary/aromatic N) is 3. The number of halogens is 3. The van der Waals surface area contributed by atoms with Gasteiger partial charge in [-0.3, -0.25) is 14.4 Å². The standard InChI is InChI=1S/C14H22F3N5O/c1-10(2)22-6-3-11(20-22)13(23)19-9-12(14(15,16)17)21-7-4-18-5-8-21/h3,6,10,12,18H,4-5,7-9H2,1-2H3,(H,19,23). The highest BCUT2D eigenvalue weighted by molar-refractivity contribution is 5.92. The summed E-state index contributed by atoms with van der Waals surface area (Å²) < 4.78 is 41.3. The van der Waals surface area contributed by atoms with E-state index in [1.807, 2.05) is 13.8 Å². The minimum absolute atomic E-state index is 0.0836. The quantitative estimate of drug-likeness (QED) is 0.845. The van der Waals surface area contributed by atoms with E-state index in [0.717, 1.165) is 0 Å². The van der Waals surface area contributed by atoms with Crippen LogP contribution in [0.5, 0.6) is 0 Å². The number of alkyl halides is 3. The topological polar surface area (TPSA) is 62.2 Å². The van der Waals surface area contributed by atoms with E-state index in [1.54, 1.807) is 10.9 Å². The van der Waals surface area contributed by atoms with Crippen LogP contribution in [0.15, 0.2) is 12.3 Å². The van der Waals surface area contributed by atoms with Crippen LogP contribution in [-0.4, -0.2) is 65.5 Å². The fourth-order valence-corrected chi connectivity index (χ4v) is 2.47. The zero-order valence-electron chi connectivity index (χ0n) is 13.2. The smallest absolute Gasteiger partial charge is 0.349 e. The van der Waals surface area contributed by atoms with Gasteiger partial charge in [0.25, 0.3) is 5.91 Å². The van der Waals surface area contributed by atoms with Crippen LogP contribution < -0.4 is 10.6 Å². The molecule has 0 bridgehead atoms. The molecule has 130 valence electrons. The van der Waals surface area contributed by atoms with Gasteiger partial charge in [-0.15, -0.1) is 0 Å². The number of hydrogen-bond acceptors (Lipinski definition) is 4. The van der Waals surface area contributed by atoms with Crippen molar-refractivity contribution in [1.29, 1.82) is 0 Å². The van der Waals surface area contributed by atoms with Gasteiger partial charge >= 0.3 is 6.18 Å². The van der Waals surface area contributed by atoms with E-state index >= 15 is 0 Å². The van der Waals surface area contributed by atoms with Crippen LogP contribution in [-0.2, 0) is 0 Å². The van der Waals surface area contributed by atoms with Gasteiger partial charge in [0.2, 0.25) is 0 Å². The van der Waals surface area contributed by atoms with Crippen molar-refractivity contribution in [2.45, 2.75) is 32.1 Å². The van der Waals surface area contributed by atoms with Crippen LogP contribution in [0.1, 0.15) is 30.4 Å². The van der Waals surface area contributed by atoms with Gasteiger partial charge in [-0.1, -0.05) is 0 Å². The minimum Gasteiger partial charge on any atom is -0.349 e. The van der Waals surface area contributed by atoms with Gasteiger partial charge in [-0.25, -0.2) is 0 Å². The zero-order chi connectivity index (χ0) is 17.0. The first-order valence-corrected chi connectivity index (χ1v) is 7.64. The Labute approximate surface area is 133 Å². The molecule has 0 spiro atoms. The molecule has 1 aromatic heterocycles. The van der Waals surface area contributed by atoms with Crippen molar-refractivity contribution in [3.63, 3.8) is 0 Å². The number of rotatable bonds is 5. The molecule has 0 aromatic carbocycles. The second-order valence-corrected chi connectivity index (χ2v) is 5.83. The molecule has 1 unspecified atom stereocenters. The van der Waals surface area contributed by atoms with Crippen molar-refractivity contribution in [1.82, 2.24) is 25.3 Å². The number of amides is 1. The lowest BCUT2D eigenvalue weighted by atomic mass is 10.2. The Kier molecular flexibility index (Phi) is 5.64. The number of hydrogen-bond donors (Lipinski definition) is 2. The van der Waals surface area contributed by atoms with Crippen molar-refractivity contribution in [3.05, 3.63) is 18.0 Å². The fraction of sp³-hybridized carbons (Fsp3) is 0.714. The van der Waals surface area contributed by atoms with Crippen LogP contribution in [0.3, 0.4) is 0 Å². The van der Waals surface area contributed by atoms with E-state index in [0.29, 0.717) is 26.2 Å². The summed E-state index contributed by atoms with van der Waals surface area (Å²) in [7, 11) is 0. The van der Waals surface area contributed by atoms with E-state index in [1.165, 1.54) is 11.0 Å². The summed E-state index contributed by atoms with van der Waals surface area (Å²) in [4.78, 5) is 13.4. The number of carbonyl (C=O) groups excluding carboxylic acids is 1. The maximum atomic E-state index is 13.2. The van der Waals surface area contributed by atoms with E-state index in [4.69, 9.17) is 0 Å². The van der Waals surface area contributed by atoms with E-state index in [2.05, 4.69) is 15.7 Å². The third-order valence-electron chi connectivity index (χ3n) is 3.80. The molecule has 2 rings (SSSR count). The van der Waals surface area contributed by atoms with Crippen molar-refractivity contribution in [2.24, 2.45) is 0 Å².